The van der Waals surface area contributed by atoms with E-state index in [2.05, 4.69) is 10.3 Å². The molecule has 2 heterocycles. The predicted molar refractivity (Wildman–Crippen MR) is 105 cm³/mol. The quantitative estimate of drug-likeness (QED) is 0.725. The molecule has 0 aliphatic carbocycles. The standard InChI is InChI=1S/C22H22FN3O/c1-15(16-7-3-2-4-8-16)25-21-18-13-17(23)9-10-20(18)24-14-19(21)22(27)26-11-5-6-12-26/h2-4,7-10,13-15H,5-6,11-12H2,1H3,(H,24,25)/t15-/m1/s1. The summed E-state index contributed by atoms with van der Waals surface area (Å²) < 4.78 is 14.0. The second-order valence-electron chi connectivity index (χ2n) is 6.98. The Morgan fingerprint density at radius 2 is 1.89 bits per heavy atom. The van der Waals surface area contributed by atoms with E-state index in [-0.39, 0.29) is 17.8 Å². The number of benzene rings is 2. The van der Waals surface area contributed by atoms with Gasteiger partial charge in [0.2, 0.25) is 0 Å². The van der Waals surface area contributed by atoms with E-state index in [0.29, 0.717) is 22.2 Å². The Balaban J connectivity index is 1.80. The van der Waals surface area contributed by atoms with Gasteiger partial charge in [0.25, 0.3) is 5.91 Å². The number of amides is 1. The molecule has 138 valence electrons. The van der Waals surface area contributed by atoms with Crippen molar-refractivity contribution in [1.29, 1.82) is 0 Å². The summed E-state index contributed by atoms with van der Waals surface area (Å²) in [5.74, 6) is -0.389. The summed E-state index contributed by atoms with van der Waals surface area (Å²) in [7, 11) is 0. The van der Waals surface area contributed by atoms with Crippen LogP contribution in [0.5, 0.6) is 0 Å². The van der Waals surface area contributed by atoms with E-state index in [1.165, 1.54) is 12.1 Å². The number of pyridine rings is 1. The predicted octanol–water partition coefficient (Wildman–Crippen LogP) is 4.78. The molecule has 27 heavy (non-hydrogen) atoms. The van der Waals surface area contributed by atoms with Crippen LogP contribution in [0.3, 0.4) is 0 Å². The van der Waals surface area contributed by atoms with Crippen LogP contribution >= 0.6 is 0 Å². The van der Waals surface area contributed by atoms with Gasteiger partial charge in [-0.15, -0.1) is 0 Å². The van der Waals surface area contributed by atoms with Gasteiger partial charge in [-0.3, -0.25) is 9.78 Å². The van der Waals surface area contributed by atoms with Crippen LogP contribution in [0.15, 0.2) is 54.7 Å². The molecule has 0 unspecified atom stereocenters. The van der Waals surface area contributed by atoms with Crippen LogP contribution in [0.4, 0.5) is 10.1 Å². The fourth-order valence-corrected chi connectivity index (χ4v) is 3.61. The zero-order valence-corrected chi connectivity index (χ0v) is 15.3. The van der Waals surface area contributed by atoms with Gasteiger partial charge < -0.3 is 10.2 Å². The Kier molecular flexibility index (Phi) is 4.75. The summed E-state index contributed by atoms with van der Waals surface area (Å²) in [6.07, 6.45) is 3.65. The van der Waals surface area contributed by atoms with Crippen molar-refractivity contribution in [2.75, 3.05) is 18.4 Å². The highest BCUT2D eigenvalue weighted by Gasteiger charge is 2.24. The number of nitrogens with one attached hydrogen (secondary N) is 1. The van der Waals surface area contributed by atoms with E-state index >= 15 is 0 Å². The summed E-state index contributed by atoms with van der Waals surface area (Å²) in [4.78, 5) is 19.3. The van der Waals surface area contributed by atoms with Crippen LogP contribution in [0.1, 0.15) is 41.7 Å². The van der Waals surface area contributed by atoms with Crippen molar-refractivity contribution in [3.8, 4) is 0 Å². The number of halogens is 1. The third kappa shape index (κ3) is 3.50. The lowest BCUT2D eigenvalue weighted by molar-refractivity contribution is 0.0793. The summed E-state index contributed by atoms with van der Waals surface area (Å²) >= 11 is 0. The minimum Gasteiger partial charge on any atom is -0.377 e. The summed E-state index contributed by atoms with van der Waals surface area (Å²) in [6, 6.07) is 14.4. The van der Waals surface area contributed by atoms with E-state index in [0.717, 1.165) is 31.5 Å². The zero-order chi connectivity index (χ0) is 18.8. The minimum atomic E-state index is -0.342. The van der Waals surface area contributed by atoms with Crippen LogP contribution in [0.2, 0.25) is 0 Å². The number of hydrogen-bond acceptors (Lipinski definition) is 3. The van der Waals surface area contributed by atoms with Crippen molar-refractivity contribution in [3.63, 3.8) is 0 Å². The number of fused-ring (bicyclic) bond motifs is 1. The largest absolute Gasteiger partial charge is 0.377 e. The Labute approximate surface area is 158 Å². The van der Waals surface area contributed by atoms with Crippen molar-refractivity contribution in [1.82, 2.24) is 9.88 Å². The molecule has 1 aliphatic rings. The third-order valence-electron chi connectivity index (χ3n) is 5.11. The average Bonchev–Trinajstić information content (AvgIpc) is 3.23. The van der Waals surface area contributed by atoms with Crippen molar-refractivity contribution in [2.24, 2.45) is 0 Å². The minimum absolute atomic E-state index is 0.0369. The lowest BCUT2D eigenvalue weighted by Gasteiger charge is -2.22. The Morgan fingerprint density at radius 1 is 1.15 bits per heavy atom. The third-order valence-corrected chi connectivity index (χ3v) is 5.11. The fraction of sp³-hybridized carbons (Fsp3) is 0.273. The monoisotopic (exact) mass is 363 g/mol. The van der Waals surface area contributed by atoms with Gasteiger partial charge in [0, 0.05) is 30.7 Å². The first-order valence-electron chi connectivity index (χ1n) is 9.32. The van der Waals surface area contributed by atoms with Gasteiger partial charge in [-0.1, -0.05) is 30.3 Å². The van der Waals surface area contributed by atoms with Crippen molar-refractivity contribution in [2.45, 2.75) is 25.8 Å². The molecule has 0 spiro atoms. The van der Waals surface area contributed by atoms with E-state index in [4.69, 9.17) is 0 Å². The highest BCUT2D eigenvalue weighted by Crippen LogP contribution is 2.31. The van der Waals surface area contributed by atoms with E-state index < -0.39 is 0 Å². The summed E-state index contributed by atoms with van der Waals surface area (Å²) in [6.45, 7) is 3.55. The van der Waals surface area contributed by atoms with Crippen LogP contribution in [0, 0.1) is 5.82 Å². The smallest absolute Gasteiger partial charge is 0.257 e. The van der Waals surface area contributed by atoms with Crippen LogP contribution in [-0.4, -0.2) is 28.9 Å². The van der Waals surface area contributed by atoms with Gasteiger partial charge in [0.05, 0.1) is 16.8 Å². The molecule has 2 aromatic carbocycles. The van der Waals surface area contributed by atoms with Gasteiger partial charge in [-0.05, 0) is 43.5 Å². The number of anilines is 1. The van der Waals surface area contributed by atoms with Gasteiger partial charge >= 0.3 is 0 Å². The molecule has 1 saturated heterocycles. The first-order chi connectivity index (χ1) is 13.1. The molecular weight excluding hydrogens is 341 g/mol. The Morgan fingerprint density at radius 3 is 2.63 bits per heavy atom. The lowest BCUT2D eigenvalue weighted by Crippen LogP contribution is -2.28. The second kappa shape index (κ2) is 7.35. The summed E-state index contributed by atoms with van der Waals surface area (Å²) in [5, 5.41) is 4.07. The number of hydrogen-bond donors (Lipinski definition) is 1. The Bertz CT molecular complexity index is 968. The van der Waals surface area contributed by atoms with Crippen molar-refractivity contribution >= 4 is 22.5 Å². The number of nitrogens with zero attached hydrogens (tertiary/aromatic N) is 2. The zero-order valence-electron chi connectivity index (χ0n) is 15.3. The van der Waals surface area contributed by atoms with Crippen LogP contribution in [0.25, 0.3) is 10.9 Å². The Hall–Kier alpha value is -2.95. The van der Waals surface area contributed by atoms with E-state index in [9.17, 15) is 9.18 Å². The fourth-order valence-electron chi connectivity index (χ4n) is 3.61. The SMILES string of the molecule is C[C@@H](Nc1c(C(=O)N2CCCC2)cnc2ccc(F)cc12)c1ccccc1. The molecule has 1 fully saturated rings. The van der Waals surface area contributed by atoms with Crippen LogP contribution < -0.4 is 5.32 Å². The molecule has 0 saturated carbocycles. The molecule has 1 atom stereocenters. The number of aromatic nitrogens is 1. The molecule has 0 bridgehead atoms. The highest BCUT2D eigenvalue weighted by molar-refractivity contribution is 6.07. The first-order valence-corrected chi connectivity index (χ1v) is 9.32. The number of carbonyl (C=O) groups excluding carboxylic acids is 1. The number of carbonyl (C=O) groups is 1. The number of rotatable bonds is 4. The highest BCUT2D eigenvalue weighted by atomic mass is 19.1. The van der Waals surface area contributed by atoms with E-state index in [1.54, 1.807) is 12.3 Å². The van der Waals surface area contributed by atoms with Crippen LogP contribution in [-0.2, 0) is 0 Å². The lowest BCUT2D eigenvalue weighted by atomic mass is 10.0. The summed E-state index contributed by atoms with van der Waals surface area (Å²) in [5.41, 5.74) is 2.90. The maximum atomic E-state index is 14.0. The molecule has 4 nitrogen and oxygen atoms in total. The average molecular weight is 363 g/mol. The normalized spacial score (nSPS) is 15.1. The van der Waals surface area contributed by atoms with Gasteiger partial charge in [-0.25, -0.2) is 4.39 Å². The molecule has 5 heteroatoms. The number of likely N-dealkylation sites (tertiary alicyclic amines) is 1. The van der Waals surface area contributed by atoms with Gasteiger partial charge in [0.1, 0.15) is 5.82 Å². The van der Waals surface area contributed by atoms with Crippen molar-refractivity contribution < 1.29 is 9.18 Å². The molecule has 3 aromatic rings. The van der Waals surface area contributed by atoms with E-state index in [1.807, 2.05) is 42.2 Å². The molecule has 1 aromatic heterocycles. The first kappa shape index (κ1) is 17.5. The molecule has 4 rings (SSSR count). The topological polar surface area (TPSA) is 45.2 Å². The molecule has 0 radical (unpaired) electrons. The van der Waals surface area contributed by atoms with Gasteiger partial charge in [-0.2, -0.15) is 0 Å². The molecular formula is C22H22FN3O. The maximum Gasteiger partial charge on any atom is 0.257 e. The molecule has 1 amide bonds. The maximum absolute atomic E-state index is 14.0. The second-order valence-corrected chi connectivity index (χ2v) is 6.98. The molecule has 1 aliphatic heterocycles. The van der Waals surface area contributed by atoms with Gasteiger partial charge in [0.15, 0.2) is 0 Å². The molecule has 1 N–H and O–H groups in total. The van der Waals surface area contributed by atoms with Crippen molar-refractivity contribution in [3.05, 3.63) is 71.7 Å².